The van der Waals surface area contributed by atoms with Gasteiger partial charge in [-0.1, -0.05) is 18.2 Å². The molecule has 7 nitrogen and oxygen atoms in total. The van der Waals surface area contributed by atoms with Gasteiger partial charge in [0.25, 0.3) is 5.91 Å². The first-order valence-electron chi connectivity index (χ1n) is 6.96. The lowest BCUT2D eigenvalue weighted by atomic mass is 10.2. The van der Waals surface area contributed by atoms with Crippen molar-refractivity contribution >= 4 is 21.8 Å². The van der Waals surface area contributed by atoms with Crippen molar-refractivity contribution in [2.24, 2.45) is 11.1 Å². The van der Waals surface area contributed by atoms with Gasteiger partial charge in [0.05, 0.1) is 12.3 Å². The van der Waals surface area contributed by atoms with E-state index in [0.29, 0.717) is 25.1 Å². The number of hydrogen-bond acceptors (Lipinski definition) is 4. The van der Waals surface area contributed by atoms with Gasteiger partial charge >= 0.3 is 0 Å². The van der Waals surface area contributed by atoms with Crippen molar-refractivity contribution in [1.82, 2.24) is 10.2 Å². The van der Waals surface area contributed by atoms with Gasteiger partial charge in [-0.15, -0.1) is 0 Å². The van der Waals surface area contributed by atoms with Crippen LogP contribution in [0.15, 0.2) is 30.3 Å². The predicted octanol–water partition coefficient (Wildman–Crippen LogP) is -0.447. The smallest absolute Gasteiger partial charge is 0.251 e. The lowest BCUT2D eigenvalue weighted by molar-refractivity contribution is -0.129. The third-order valence-electron chi connectivity index (χ3n) is 3.54. The lowest BCUT2D eigenvalue weighted by Gasteiger charge is -2.16. The molecule has 0 bridgehead atoms. The average molecular weight is 325 g/mol. The van der Waals surface area contributed by atoms with E-state index >= 15 is 0 Å². The van der Waals surface area contributed by atoms with Gasteiger partial charge < -0.3 is 10.2 Å². The van der Waals surface area contributed by atoms with Gasteiger partial charge in [0, 0.05) is 18.7 Å². The lowest BCUT2D eigenvalue weighted by Crippen LogP contribution is -2.39. The molecule has 0 aliphatic carbocycles. The molecule has 1 aliphatic heterocycles. The zero-order chi connectivity index (χ0) is 16.2. The molecule has 1 aliphatic rings. The van der Waals surface area contributed by atoms with Crippen molar-refractivity contribution in [2.45, 2.75) is 6.42 Å². The summed E-state index contributed by atoms with van der Waals surface area (Å²) in [5, 5.41) is 7.58. The number of amides is 2. The third kappa shape index (κ3) is 4.81. The quantitative estimate of drug-likeness (QED) is 0.764. The second-order valence-electron chi connectivity index (χ2n) is 5.37. The van der Waals surface area contributed by atoms with Gasteiger partial charge in [-0.25, -0.2) is 13.6 Å². The van der Waals surface area contributed by atoms with Crippen LogP contribution < -0.4 is 10.5 Å². The normalized spacial score (nSPS) is 18.2. The zero-order valence-corrected chi connectivity index (χ0v) is 12.9. The fourth-order valence-corrected chi connectivity index (χ4v) is 3.41. The molecule has 2 amide bonds. The number of sulfonamides is 1. The Morgan fingerprint density at radius 2 is 1.95 bits per heavy atom. The standard InChI is InChI=1S/C14H19N3O4S/c15-22(20,21)10-11-6-7-17(9-11)13(18)8-16-14(19)12-4-2-1-3-5-12/h1-5,11H,6-10H2,(H,16,19)(H2,15,20,21)/t11-/m1/s1. The van der Waals surface area contributed by atoms with Gasteiger partial charge in [0.15, 0.2) is 0 Å². The number of likely N-dealkylation sites (tertiary alicyclic amines) is 1. The summed E-state index contributed by atoms with van der Waals surface area (Å²) in [4.78, 5) is 25.4. The van der Waals surface area contributed by atoms with E-state index in [9.17, 15) is 18.0 Å². The summed E-state index contributed by atoms with van der Waals surface area (Å²) >= 11 is 0. The Bertz CT molecular complexity index is 645. The highest BCUT2D eigenvalue weighted by molar-refractivity contribution is 7.89. The second kappa shape index (κ2) is 6.89. The summed E-state index contributed by atoms with van der Waals surface area (Å²) in [6, 6.07) is 8.62. The largest absolute Gasteiger partial charge is 0.343 e. The van der Waals surface area contributed by atoms with Gasteiger partial charge in [0.1, 0.15) is 0 Å². The van der Waals surface area contributed by atoms with Crippen LogP contribution in [0.3, 0.4) is 0 Å². The molecule has 0 saturated carbocycles. The van der Waals surface area contributed by atoms with E-state index in [4.69, 9.17) is 5.14 Å². The topological polar surface area (TPSA) is 110 Å². The molecule has 2 rings (SSSR count). The molecule has 0 radical (unpaired) electrons. The number of hydrogen-bond donors (Lipinski definition) is 2. The molecule has 120 valence electrons. The highest BCUT2D eigenvalue weighted by Crippen LogP contribution is 2.17. The Morgan fingerprint density at radius 1 is 1.27 bits per heavy atom. The van der Waals surface area contributed by atoms with Crippen molar-refractivity contribution in [3.8, 4) is 0 Å². The highest BCUT2D eigenvalue weighted by Gasteiger charge is 2.28. The van der Waals surface area contributed by atoms with Crippen molar-refractivity contribution < 1.29 is 18.0 Å². The second-order valence-corrected chi connectivity index (χ2v) is 7.03. The van der Waals surface area contributed by atoms with Crippen LogP contribution >= 0.6 is 0 Å². The van der Waals surface area contributed by atoms with E-state index in [0.717, 1.165) is 0 Å². The Hall–Kier alpha value is -1.93. The molecule has 1 aromatic carbocycles. The Labute approximate surface area is 129 Å². The van der Waals surface area contributed by atoms with Crippen LogP contribution in [0.1, 0.15) is 16.8 Å². The number of primary sulfonamides is 1. The molecule has 8 heteroatoms. The fraction of sp³-hybridized carbons (Fsp3) is 0.429. The number of nitrogens with two attached hydrogens (primary N) is 1. The summed E-state index contributed by atoms with van der Waals surface area (Å²) in [7, 11) is -3.53. The molecule has 0 unspecified atom stereocenters. The van der Waals surface area contributed by atoms with Gasteiger partial charge in [-0.2, -0.15) is 0 Å². The van der Waals surface area contributed by atoms with Crippen molar-refractivity contribution in [1.29, 1.82) is 0 Å². The van der Waals surface area contributed by atoms with Crippen molar-refractivity contribution in [3.63, 3.8) is 0 Å². The van der Waals surface area contributed by atoms with E-state index < -0.39 is 10.0 Å². The molecule has 1 aromatic rings. The molecule has 1 heterocycles. The Balaban J connectivity index is 1.80. The molecule has 0 aromatic heterocycles. The molecule has 1 fully saturated rings. The van der Waals surface area contributed by atoms with Gasteiger partial charge in [-0.05, 0) is 24.5 Å². The van der Waals surface area contributed by atoms with E-state index in [1.54, 1.807) is 35.2 Å². The van der Waals surface area contributed by atoms with Crippen molar-refractivity contribution in [2.75, 3.05) is 25.4 Å². The first-order chi connectivity index (χ1) is 10.3. The fourth-order valence-electron chi connectivity index (χ4n) is 2.48. The van der Waals surface area contributed by atoms with Crippen LogP contribution in [0.5, 0.6) is 0 Å². The molecule has 1 saturated heterocycles. The Kier molecular flexibility index (Phi) is 5.15. The SMILES string of the molecule is NS(=O)(=O)C[C@@H]1CCN(C(=O)CNC(=O)c2ccccc2)C1. The van der Waals surface area contributed by atoms with Crippen molar-refractivity contribution in [3.05, 3.63) is 35.9 Å². The van der Waals surface area contributed by atoms with E-state index in [1.807, 2.05) is 0 Å². The molecule has 0 spiro atoms. The minimum Gasteiger partial charge on any atom is -0.343 e. The van der Waals surface area contributed by atoms with Crippen LogP contribution in [0.4, 0.5) is 0 Å². The maximum Gasteiger partial charge on any atom is 0.251 e. The predicted molar refractivity (Wildman–Crippen MR) is 81.4 cm³/mol. The highest BCUT2D eigenvalue weighted by atomic mass is 32.2. The molecular weight excluding hydrogens is 306 g/mol. The Morgan fingerprint density at radius 3 is 2.59 bits per heavy atom. The summed E-state index contributed by atoms with van der Waals surface area (Å²) < 4.78 is 22.1. The summed E-state index contributed by atoms with van der Waals surface area (Å²) in [5.41, 5.74) is 0.490. The van der Waals surface area contributed by atoms with Crippen LogP contribution in [0, 0.1) is 5.92 Å². The van der Waals surface area contributed by atoms with Gasteiger partial charge in [-0.3, -0.25) is 9.59 Å². The van der Waals surface area contributed by atoms with Crippen LogP contribution in [0.25, 0.3) is 0 Å². The number of benzene rings is 1. The molecular formula is C14H19N3O4S. The molecule has 3 N–H and O–H groups in total. The molecule has 22 heavy (non-hydrogen) atoms. The zero-order valence-electron chi connectivity index (χ0n) is 12.1. The average Bonchev–Trinajstić information content (AvgIpc) is 2.91. The van der Waals surface area contributed by atoms with Crippen LogP contribution in [0.2, 0.25) is 0 Å². The van der Waals surface area contributed by atoms with Gasteiger partial charge in [0.2, 0.25) is 15.9 Å². The summed E-state index contributed by atoms with van der Waals surface area (Å²) in [6.07, 6.45) is 0.606. The van der Waals surface area contributed by atoms with Crippen LogP contribution in [-0.2, 0) is 14.8 Å². The maximum atomic E-state index is 12.0. The monoisotopic (exact) mass is 325 g/mol. The number of rotatable bonds is 5. The number of nitrogens with one attached hydrogen (secondary N) is 1. The minimum atomic E-state index is -3.53. The minimum absolute atomic E-state index is 0.101. The van der Waals surface area contributed by atoms with E-state index in [2.05, 4.69) is 5.32 Å². The number of carbonyl (C=O) groups excluding carboxylic acids is 2. The first kappa shape index (κ1) is 16.4. The molecule has 1 atom stereocenters. The summed E-state index contributed by atoms with van der Waals surface area (Å²) in [5.74, 6) is -0.785. The number of nitrogens with zero attached hydrogens (tertiary/aromatic N) is 1. The summed E-state index contributed by atoms with van der Waals surface area (Å²) in [6.45, 7) is 0.743. The maximum absolute atomic E-state index is 12.0. The third-order valence-corrected chi connectivity index (χ3v) is 4.48. The van der Waals surface area contributed by atoms with E-state index in [-0.39, 0.29) is 30.0 Å². The van der Waals surface area contributed by atoms with Crippen LogP contribution in [-0.4, -0.2) is 50.5 Å². The van der Waals surface area contributed by atoms with E-state index in [1.165, 1.54) is 0 Å². The first-order valence-corrected chi connectivity index (χ1v) is 8.68. The number of carbonyl (C=O) groups is 2.